The Labute approximate surface area is 163 Å². The smallest absolute Gasteiger partial charge is 0.331 e. The van der Waals surface area contributed by atoms with E-state index in [1.807, 2.05) is 19.9 Å². The quantitative estimate of drug-likeness (QED) is 0.497. The van der Waals surface area contributed by atoms with E-state index in [-0.39, 0.29) is 18.1 Å². The summed E-state index contributed by atoms with van der Waals surface area (Å²) in [6, 6.07) is 10.9. The van der Waals surface area contributed by atoms with Crippen molar-refractivity contribution in [3.05, 3.63) is 59.8 Å². The average molecular weight is 381 g/mol. The van der Waals surface area contributed by atoms with E-state index < -0.39 is 23.6 Å². The second-order valence-electron chi connectivity index (χ2n) is 7.33. The van der Waals surface area contributed by atoms with Gasteiger partial charge in [0.15, 0.2) is 17.6 Å². The van der Waals surface area contributed by atoms with Gasteiger partial charge in [0, 0.05) is 12.6 Å². The van der Waals surface area contributed by atoms with Crippen molar-refractivity contribution in [3.8, 4) is 0 Å². The molecule has 1 aromatic heterocycles. The molecule has 0 fully saturated rings. The Kier molecular flexibility index (Phi) is 5.56. The highest BCUT2D eigenvalue weighted by Crippen LogP contribution is 2.32. The molecule has 2 heterocycles. The number of carboxylic acid groups (broad SMARTS) is 1. The van der Waals surface area contributed by atoms with Crippen LogP contribution in [0.2, 0.25) is 0 Å². The third kappa shape index (κ3) is 3.66. The van der Waals surface area contributed by atoms with Crippen molar-refractivity contribution < 1.29 is 19.5 Å². The molecule has 3 N–H and O–H groups in total. The Balaban J connectivity index is 2.00. The first-order valence-corrected chi connectivity index (χ1v) is 9.14. The van der Waals surface area contributed by atoms with Crippen LogP contribution in [0.15, 0.2) is 48.7 Å². The molecule has 0 saturated carbocycles. The summed E-state index contributed by atoms with van der Waals surface area (Å²) in [5, 5.41) is 15.6. The van der Waals surface area contributed by atoms with Crippen LogP contribution in [0.4, 0.5) is 5.82 Å². The molecule has 3 rings (SSSR count). The minimum atomic E-state index is -1.83. The van der Waals surface area contributed by atoms with Gasteiger partial charge in [0.2, 0.25) is 0 Å². The molecule has 0 spiro atoms. The van der Waals surface area contributed by atoms with Crippen LogP contribution in [-0.4, -0.2) is 39.7 Å². The zero-order valence-electron chi connectivity index (χ0n) is 15.8. The van der Waals surface area contributed by atoms with Gasteiger partial charge in [0.1, 0.15) is 5.82 Å². The Morgan fingerprint density at radius 3 is 2.57 bits per heavy atom. The van der Waals surface area contributed by atoms with E-state index >= 15 is 0 Å². The zero-order valence-corrected chi connectivity index (χ0v) is 15.8. The number of carbonyl (C=O) groups is 3. The number of nitrogens with zero attached hydrogens (tertiary/aromatic N) is 1. The lowest BCUT2D eigenvalue weighted by molar-refractivity contribution is -0.148. The van der Waals surface area contributed by atoms with E-state index in [0.29, 0.717) is 23.2 Å². The number of pyridine rings is 1. The zero-order chi connectivity index (χ0) is 20.3. The number of carboxylic acids is 1. The van der Waals surface area contributed by atoms with Crippen LogP contribution in [0.5, 0.6) is 0 Å². The lowest BCUT2D eigenvalue weighted by Crippen LogP contribution is -2.61. The first kappa shape index (κ1) is 19.7. The molecule has 7 heteroatoms. The molecule has 28 heavy (non-hydrogen) atoms. The highest BCUT2D eigenvalue weighted by Gasteiger charge is 2.47. The standard InChI is InChI=1S/C21H23N3O4/c1-13(2)17(23-16-9-5-6-10-22-16)19(26)18-15-8-4-3-7-14(15)11-21(12-25,24-18)20(27)28/h3-10,12-13,17-18,24H,11H2,1-2H3,(H,22,23)(H,27,28)/t17-,18?,21-/m0/s1. The largest absolute Gasteiger partial charge is 0.480 e. The Hall–Kier alpha value is -3.06. The van der Waals surface area contributed by atoms with Crippen LogP contribution < -0.4 is 10.6 Å². The van der Waals surface area contributed by atoms with Gasteiger partial charge < -0.3 is 15.2 Å². The Morgan fingerprint density at radius 1 is 1.25 bits per heavy atom. The molecule has 0 radical (unpaired) electrons. The second-order valence-corrected chi connectivity index (χ2v) is 7.33. The van der Waals surface area contributed by atoms with Crippen molar-refractivity contribution in [3.63, 3.8) is 0 Å². The lowest BCUT2D eigenvalue weighted by atomic mass is 9.79. The van der Waals surface area contributed by atoms with E-state index in [4.69, 9.17) is 0 Å². The Bertz CT molecular complexity index is 884. The summed E-state index contributed by atoms with van der Waals surface area (Å²) in [5.41, 5.74) is -0.463. The summed E-state index contributed by atoms with van der Waals surface area (Å²) in [7, 11) is 0. The number of anilines is 1. The van der Waals surface area contributed by atoms with Crippen molar-refractivity contribution in [1.29, 1.82) is 0 Å². The van der Waals surface area contributed by atoms with E-state index in [0.717, 1.165) is 0 Å². The topological polar surface area (TPSA) is 108 Å². The van der Waals surface area contributed by atoms with Crippen molar-refractivity contribution in [2.24, 2.45) is 5.92 Å². The normalized spacial score (nSPS) is 22.2. The van der Waals surface area contributed by atoms with Gasteiger partial charge in [-0.2, -0.15) is 0 Å². The fourth-order valence-electron chi connectivity index (χ4n) is 3.50. The molecule has 0 bridgehead atoms. The third-order valence-corrected chi connectivity index (χ3v) is 5.05. The number of hydrogen-bond acceptors (Lipinski definition) is 6. The summed E-state index contributed by atoms with van der Waals surface area (Å²) in [6.45, 7) is 3.80. The van der Waals surface area contributed by atoms with Gasteiger partial charge in [-0.25, -0.2) is 9.78 Å². The molecular formula is C21H23N3O4. The van der Waals surface area contributed by atoms with Crippen LogP contribution in [0.25, 0.3) is 0 Å². The maximum absolute atomic E-state index is 13.5. The fourth-order valence-corrected chi connectivity index (χ4v) is 3.50. The number of fused-ring (bicyclic) bond motifs is 1. The molecule has 2 aromatic rings. The molecular weight excluding hydrogens is 358 g/mol. The van der Waals surface area contributed by atoms with Gasteiger partial charge in [0.25, 0.3) is 0 Å². The van der Waals surface area contributed by atoms with Crippen molar-refractivity contribution in [1.82, 2.24) is 10.3 Å². The summed E-state index contributed by atoms with van der Waals surface area (Å²) < 4.78 is 0. The second kappa shape index (κ2) is 7.90. The summed E-state index contributed by atoms with van der Waals surface area (Å²) in [4.78, 5) is 41.2. The van der Waals surface area contributed by atoms with Crippen LogP contribution in [0, 0.1) is 5.92 Å². The predicted octanol–water partition coefficient (Wildman–Crippen LogP) is 2.00. The maximum atomic E-state index is 13.5. The average Bonchev–Trinajstić information content (AvgIpc) is 2.71. The number of aliphatic carboxylic acids is 1. The molecule has 1 unspecified atom stereocenters. The van der Waals surface area contributed by atoms with Gasteiger partial charge in [0.05, 0.1) is 12.1 Å². The highest BCUT2D eigenvalue weighted by atomic mass is 16.4. The van der Waals surface area contributed by atoms with E-state index in [2.05, 4.69) is 15.6 Å². The van der Waals surface area contributed by atoms with Crippen molar-refractivity contribution >= 4 is 23.9 Å². The number of hydrogen-bond donors (Lipinski definition) is 3. The van der Waals surface area contributed by atoms with Gasteiger partial charge in [-0.1, -0.05) is 44.2 Å². The molecule has 0 amide bonds. The van der Waals surface area contributed by atoms with Gasteiger partial charge >= 0.3 is 5.97 Å². The van der Waals surface area contributed by atoms with Crippen LogP contribution >= 0.6 is 0 Å². The number of aldehydes is 1. The molecule has 3 atom stereocenters. The van der Waals surface area contributed by atoms with Crippen LogP contribution in [0.3, 0.4) is 0 Å². The first-order valence-electron chi connectivity index (χ1n) is 9.14. The SMILES string of the molecule is CC(C)[C@H](Nc1ccccn1)C(=O)C1N[C@@](C=O)(C(=O)O)Cc2ccccc21. The fraction of sp³-hybridized carbons (Fsp3) is 0.333. The van der Waals surface area contributed by atoms with Crippen LogP contribution in [-0.2, 0) is 20.8 Å². The number of carbonyl (C=O) groups excluding carboxylic acids is 2. The molecule has 0 aliphatic carbocycles. The van der Waals surface area contributed by atoms with Crippen molar-refractivity contribution in [2.45, 2.75) is 37.9 Å². The van der Waals surface area contributed by atoms with Crippen molar-refractivity contribution in [2.75, 3.05) is 5.32 Å². The number of benzene rings is 1. The summed E-state index contributed by atoms with van der Waals surface area (Å²) in [5.74, 6) is -1.06. The molecule has 1 aromatic carbocycles. The molecule has 0 saturated heterocycles. The number of nitrogens with one attached hydrogen (secondary N) is 2. The van der Waals surface area contributed by atoms with Gasteiger partial charge in [-0.15, -0.1) is 0 Å². The molecule has 146 valence electrons. The number of Topliss-reactive ketones (excluding diaryl/α,β-unsaturated/α-hetero) is 1. The van der Waals surface area contributed by atoms with Crippen LogP contribution in [0.1, 0.15) is 31.0 Å². The molecule has 1 aliphatic rings. The minimum absolute atomic E-state index is 0.00813. The molecule has 7 nitrogen and oxygen atoms in total. The number of rotatable bonds is 7. The van der Waals surface area contributed by atoms with E-state index in [9.17, 15) is 19.5 Å². The lowest BCUT2D eigenvalue weighted by Gasteiger charge is -2.38. The minimum Gasteiger partial charge on any atom is -0.480 e. The summed E-state index contributed by atoms with van der Waals surface area (Å²) in [6.07, 6.45) is 1.99. The first-order chi connectivity index (χ1) is 13.4. The predicted molar refractivity (Wildman–Crippen MR) is 104 cm³/mol. The van der Waals surface area contributed by atoms with Gasteiger partial charge in [-0.3, -0.25) is 10.1 Å². The third-order valence-electron chi connectivity index (χ3n) is 5.05. The van der Waals surface area contributed by atoms with E-state index in [1.165, 1.54) is 0 Å². The highest BCUT2D eigenvalue weighted by molar-refractivity contribution is 6.01. The molecule has 1 aliphatic heterocycles. The summed E-state index contributed by atoms with van der Waals surface area (Å²) >= 11 is 0. The number of ketones is 1. The number of aromatic nitrogens is 1. The maximum Gasteiger partial charge on any atom is 0.331 e. The van der Waals surface area contributed by atoms with E-state index in [1.54, 1.807) is 42.6 Å². The Morgan fingerprint density at radius 2 is 1.96 bits per heavy atom. The monoisotopic (exact) mass is 381 g/mol. The van der Waals surface area contributed by atoms with Gasteiger partial charge in [-0.05, 0) is 29.2 Å².